The second-order valence-corrected chi connectivity index (χ2v) is 6.46. The van der Waals surface area contributed by atoms with E-state index in [1.807, 2.05) is 0 Å². The van der Waals surface area contributed by atoms with Gasteiger partial charge in [-0.25, -0.2) is 8.42 Å². The molecule has 4 nitrogen and oxygen atoms in total. The second-order valence-electron chi connectivity index (χ2n) is 3.91. The molecule has 1 N–H and O–H groups in total. The molecule has 0 fully saturated rings. The van der Waals surface area contributed by atoms with E-state index in [1.165, 1.54) is 24.3 Å². The Morgan fingerprint density at radius 2 is 1.75 bits per heavy atom. The standard InChI is InChI=1S/C11H11ClF3NO3S/c12-8-1-3-9(4-2-8)20(18,19)6-5-10(17)16-7-11(13,14)15/h1-4H,5-7H2,(H,16,17). The molecule has 0 unspecified atom stereocenters. The van der Waals surface area contributed by atoms with E-state index in [0.717, 1.165) is 0 Å². The van der Waals surface area contributed by atoms with E-state index in [1.54, 1.807) is 5.32 Å². The number of rotatable bonds is 5. The minimum Gasteiger partial charge on any atom is -0.347 e. The largest absolute Gasteiger partial charge is 0.405 e. The third-order valence-electron chi connectivity index (χ3n) is 2.26. The van der Waals surface area contributed by atoms with E-state index in [9.17, 15) is 26.4 Å². The molecule has 0 heterocycles. The Labute approximate surface area is 118 Å². The summed E-state index contributed by atoms with van der Waals surface area (Å²) in [6, 6.07) is 5.28. The fourth-order valence-corrected chi connectivity index (χ4v) is 2.64. The van der Waals surface area contributed by atoms with Gasteiger partial charge in [0, 0.05) is 11.4 Å². The van der Waals surface area contributed by atoms with E-state index in [2.05, 4.69) is 0 Å². The minimum absolute atomic E-state index is 0.0366. The molecule has 0 spiro atoms. The predicted molar refractivity (Wildman–Crippen MR) is 67.2 cm³/mol. The van der Waals surface area contributed by atoms with Gasteiger partial charge in [-0.05, 0) is 24.3 Å². The Kier molecular flexibility index (Phi) is 5.41. The van der Waals surface area contributed by atoms with Gasteiger partial charge in [0.1, 0.15) is 6.54 Å². The molecule has 0 bridgehead atoms. The fraction of sp³-hybridized carbons (Fsp3) is 0.364. The highest BCUT2D eigenvalue weighted by atomic mass is 35.5. The Morgan fingerprint density at radius 1 is 1.20 bits per heavy atom. The third kappa shape index (κ3) is 5.79. The lowest BCUT2D eigenvalue weighted by Gasteiger charge is -2.08. The van der Waals surface area contributed by atoms with E-state index in [0.29, 0.717) is 5.02 Å². The summed E-state index contributed by atoms with van der Waals surface area (Å²) in [4.78, 5) is 11.1. The molecule has 20 heavy (non-hydrogen) atoms. The van der Waals surface area contributed by atoms with Crippen molar-refractivity contribution in [2.45, 2.75) is 17.5 Å². The summed E-state index contributed by atoms with van der Waals surface area (Å²) in [6.07, 6.45) is -5.06. The molecule has 1 amide bonds. The molecule has 0 aliphatic heterocycles. The number of halogens is 4. The van der Waals surface area contributed by atoms with Gasteiger partial charge < -0.3 is 5.32 Å². The first-order valence-corrected chi connectivity index (χ1v) is 7.45. The molecule has 1 rings (SSSR count). The second kappa shape index (κ2) is 6.45. The zero-order valence-corrected chi connectivity index (χ0v) is 11.6. The molecule has 0 saturated heterocycles. The molecule has 0 aliphatic rings. The Morgan fingerprint density at radius 3 is 2.25 bits per heavy atom. The van der Waals surface area contributed by atoms with Gasteiger partial charge in [0.2, 0.25) is 5.91 Å². The van der Waals surface area contributed by atoms with Crippen molar-refractivity contribution >= 4 is 27.3 Å². The minimum atomic E-state index is -4.52. The topological polar surface area (TPSA) is 63.2 Å². The van der Waals surface area contributed by atoms with E-state index >= 15 is 0 Å². The van der Waals surface area contributed by atoms with Crippen molar-refractivity contribution in [3.05, 3.63) is 29.3 Å². The van der Waals surface area contributed by atoms with Gasteiger partial charge >= 0.3 is 6.18 Å². The van der Waals surface area contributed by atoms with Crippen molar-refractivity contribution in [3.8, 4) is 0 Å². The molecule has 0 radical (unpaired) electrons. The maximum absolute atomic E-state index is 11.8. The number of hydrogen-bond acceptors (Lipinski definition) is 3. The van der Waals surface area contributed by atoms with Crippen LogP contribution in [0.25, 0.3) is 0 Å². The molecule has 0 saturated carbocycles. The van der Waals surface area contributed by atoms with Crippen LogP contribution in [0.15, 0.2) is 29.2 Å². The summed E-state index contributed by atoms with van der Waals surface area (Å²) in [5, 5.41) is 1.96. The monoisotopic (exact) mass is 329 g/mol. The summed E-state index contributed by atoms with van der Waals surface area (Å²) in [5.41, 5.74) is 0. The number of sulfone groups is 1. The van der Waals surface area contributed by atoms with Crippen LogP contribution in [0.5, 0.6) is 0 Å². The van der Waals surface area contributed by atoms with Gasteiger partial charge in [-0.3, -0.25) is 4.79 Å². The quantitative estimate of drug-likeness (QED) is 0.900. The number of nitrogens with one attached hydrogen (secondary N) is 1. The molecular weight excluding hydrogens is 319 g/mol. The average Bonchev–Trinajstić information content (AvgIpc) is 2.34. The van der Waals surface area contributed by atoms with Crippen molar-refractivity contribution in [2.24, 2.45) is 0 Å². The van der Waals surface area contributed by atoms with Crippen molar-refractivity contribution < 1.29 is 26.4 Å². The predicted octanol–water partition coefficient (Wildman–Crippen LogP) is 2.18. The van der Waals surface area contributed by atoms with Crippen LogP contribution in [0, 0.1) is 0 Å². The van der Waals surface area contributed by atoms with Crippen molar-refractivity contribution in [2.75, 3.05) is 12.3 Å². The number of hydrogen-bond donors (Lipinski definition) is 1. The van der Waals surface area contributed by atoms with E-state index in [4.69, 9.17) is 11.6 Å². The van der Waals surface area contributed by atoms with Crippen LogP contribution in [-0.2, 0) is 14.6 Å². The Balaban J connectivity index is 2.56. The van der Waals surface area contributed by atoms with Gasteiger partial charge in [0.05, 0.1) is 10.6 Å². The van der Waals surface area contributed by atoms with Crippen LogP contribution in [0.3, 0.4) is 0 Å². The summed E-state index contributed by atoms with van der Waals surface area (Å²) in [7, 11) is -3.73. The number of carbonyl (C=O) groups excluding carboxylic acids is 1. The highest BCUT2D eigenvalue weighted by Crippen LogP contribution is 2.16. The van der Waals surface area contributed by atoms with Crippen LogP contribution in [-0.4, -0.2) is 32.8 Å². The molecular formula is C11H11ClF3NO3S. The van der Waals surface area contributed by atoms with Crippen LogP contribution in [0.2, 0.25) is 5.02 Å². The van der Waals surface area contributed by atoms with Crippen LogP contribution in [0.4, 0.5) is 13.2 Å². The van der Waals surface area contributed by atoms with Crippen LogP contribution < -0.4 is 5.32 Å². The zero-order valence-electron chi connectivity index (χ0n) is 10.1. The summed E-state index contributed by atoms with van der Waals surface area (Å²) in [6.45, 7) is -1.48. The van der Waals surface area contributed by atoms with Gasteiger partial charge in [-0.15, -0.1) is 0 Å². The summed E-state index contributed by atoms with van der Waals surface area (Å²) < 4.78 is 59.2. The molecule has 9 heteroatoms. The first kappa shape index (κ1) is 16.8. The molecule has 0 aromatic heterocycles. The molecule has 1 aromatic rings. The van der Waals surface area contributed by atoms with Crippen LogP contribution in [0.1, 0.15) is 6.42 Å². The molecule has 0 aliphatic carbocycles. The van der Waals surface area contributed by atoms with Gasteiger partial charge in [-0.2, -0.15) is 13.2 Å². The number of amides is 1. The normalized spacial score (nSPS) is 12.2. The maximum Gasteiger partial charge on any atom is 0.405 e. The summed E-state index contributed by atoms with van der Waals surface area (Å²) in [5.74, 6) is -1.54. The number of carbonyl (C=O) groups is 1. The lowest BCUT2D eigenvalue weighted by molar-refractivity contribution is -0.138. The van der Waals surface area contributed by atoms with Gasteiger partial charge in [-0.1, -0.05) is 11.6 Å². The van der Waals surface area contributed by atoms with E-state index < -0.39 is 40.6 Å². The smallest absolute Gasteiger partial charge is 0.347 e. The fourth-order valence-electron chi connectivity index (χ4n) is 1.27. The lowest BCUT2D eigenvalue weighted by atomic mass is 10.4. The molecule has 1 aromatic carbocycles. The maximum atomic E-state index is 11.8. The van der Waals surface area contributed by atoms with E-state index in [-0.39, 0.29) is 4.90 Å². The highest BCUT2D eigenvalue weighted by molar-refractivity contribution is 7.91. The average molecular weight is 330 g/mol. The first-order chi connectivity index (χ1) is 9.10. The highest BCUT2D eigenvalue weighted by Gasteiger charge is 2.28. The van der Waals surface area contributed by atoms with Crippen LogP contribution >= 0.6 is 11.6 Å². The number of benzene rings is 1. The lowest BCUT2D eigenvalue weighted by Crippen LogP contribution is -2.34. The third-order valence-corrected chi connectivity index (χ3v) is 4.24. The summed E-state index contributed by atoms with van der Waals surface area (Å²) >= 11 is 5.61. The van der Waals surface area contributed by atoms with Crippen molar-refractivity contribution in [3.63, 3.8) is 0 Å². The first-order valence-electron chi connectivity index (χ1n) is 5.42. The molecule has 112 valence electrons. The number of alkyl halides is 3. The zero-order chi connectivity index (χ0) is 15.4. The van der Waals surface area contributed by atoms with Crippen molar-refractivity contribution in [1.82, 2.24) is 5.32 Å². The van der Waals surface area contributed by atoms with Gasteiger partial charge in [0.25, 0.3) is 0 Å². The van der Waals surface area contributed by atoms with Gasteiger partial charge in [0.15, 0.2) is 9.84 Å². The molecule has 0 atom stereocenters. The Hall–Kier alpha value is -1.28. The Bertz CT molecular complexity index is 570. The SMILES string of the molecule is O=C(CCS(=O)(=O)c1ccc(Cl)cc1)NCC(F)(F)F. The van der Waals surface area contributed by atoms with Crippen molar-refractivity contribution in [1.29, 1.82) is 0 Å².